The molecule has 0 aromatic heterocycles. The van der Waals surface area contributed by atoms with E-state index in [1.165, 1.54) is 24.3 Å². The van der Waals surface area contributed by atoms with E-state index in [-0.39, 0.29) is 5.82 Å². The maximum atomic E-state index is 12.7. The SMILES string of the molecule is C[C@@H]1C(c2ccc(F)cc2)=NO[C@@H]1C(=O)[O-]. The summed E-state index contributed by atoms with van der Waals surface area (Å²) in [4.78, 5) is 15.4. The van der Waals surface area contributed by atoms with Crippen molar-refractivity contribution in [3.05, 3.63) is 35.6 Å². The molecule has 0 N–H and O–H groups in total. The Kier molecular flexibility index (Phi) is 2.60. The molecule has 5 heteroatoms. The average molecular weight is 222 g/mol. The van der Waals surface area contributed by atoms with Crippen molar-refractivity contribution < 1.29 is 19.1 Å². The number of carboxylic acid groups (broad SMARTS) is 1. The minimum absolute atomic E-state index is 0.354. The smallest absolute Gasteiger partial charge is 0.174 e. The van der Waals surface area contributed by atoms with E-state index in [0.29, 0.717) is 11.3 Å². The third-order valence-corrected chi connectivity index (χ3v) is 2.52. The molecule has 0 amide bonds. The van der Waals surface area contributed by atoms with Gasteiger partial charge in [0.15, 0.2) is 6.10 Å². The first-order valence-electron chi connectivity index (χ1n) is 4.80. The number of hydrogen-bond acceptors (Lipinski definition) is 4. The summed E-state index contributed by atoms with van der Waals surface area (Å²) in [5.74, 6) is -2.06. The maximum absolute atomic E-state index is 12.7. The molecule has 1 aromatic carbocycles. The molecule has 16 heavy (non-hydrogen) atoms. The number of carbonyl (C=O) groups is 1. The van der Waals surface area contributed by atoms with Gasteiger partial charge in [0.05, 0.1) is 11.7 Å². The van der Waals surface area contributed by atoms with Crippen LogP contribution in [0.3, 0.4) is 0 Å². The Labute approximate surface area is 91.3 Å². The van der Waals surface area contributed by atoms with E-state index in [4.69, 9.17) is 4.84 Å². The molecule has 0 saturated heterocycles. The van der Waals surface area contributed by atoms with E-state index in [2.05, 4.69) is 5.16 Å². The minimum atomic E-state index is -1.30. The second-order valence-corrected chi connectivity index (χ2v) is 3.62. The number of carbonyl (C=O) groups excluding carboxylic acids is 1. The van der Waals surface area contributed by atoms with Crippen molar-refractivity contribution in [2.75, 3.05) is 0 Å². The summed E-state index contributed by atoms with van der Waals surface area (Å²) >= 11 is 0. The second-order valence-electron chi connectivity index (χ2n) is 3.62. The highest BCUT2D eigenvalue weighted by atomic mass is 19.1. The van der Waals surface area contributed by atoms with Crippen LogP contribution in [0.15, 0.2) is 29.4 Å². The van der Waals surface area contributed by atoms with Gasteiger partial charge < -0.3 is 14.7 Å². The molecule has 1 aliphatic heterocycles. The molecule has 4 nitrogen and oxygen atoms in total. The number of oxime groups is 1. The highest BCUT2D eigenvalue weighted by Gasteiger charge is 2.32. The van der Waals surface area contributed by atoms with E-state index in [1.807, 2.05) is 0 Å². The molecule has 0 unspecified atom stereocenters. The van der Waals surface area contributed by atoms with Crippen molar-refractivity contribution in [3.63, 3.8) is 0 Å². The lowest BCUT2D eigenvalue weighted by molar-refractivity contribution is -0.317. The lowest BCUT2D eigenvalue weighted by Crippen LogP contribution is -2.40. The highest BCUT2D eigenvalue weighted by molar-refractivity contribution is 6.04. The lowest BCUT2D eigenvalue weighted by atomic mass is 9.94. The molecular formula is C11H9FNO3-. The zero-order valence-electron chi connectivity index (χ0n) is 8.51. The van der Waals surface area contributed by atoms with E-state index < -0.39 is 18.0 Å². The standard InChI is InChI=1S/C11H10FNO3/c1-6-9(13-16-10(6)11(14)15)7-2-4-8(12)5-3-7/h2-6,10H,1H3,(H,14,15)/p-1/t6-,10+/m1/s1. The lowest BCUT2D eigenvalue weighted by Gasteiger charge is -2.14. The summed E-state index contributed by atoms with van der Waals surface area (Å²) < 4.78 is 12.7. The fourth-order valence-electron chi connectivity index (χ4n) is 1.61. The molecule has 0 fully saturated rings. The van der Waals surface area contributed by atoms with Crippen LogP contribution in [-0.4, -0.2) is 17.8 Å². The Morgan fingerprint density at radius 3 is 2.56 bits per heavy atom. The molecule has 0 spiro atoms. The fraction of sp³-hybridized carbons (Fsp3) is 0.273. The second kappa shape index (κ2) is 3.92. The Morgan fingerprint density at radius 2 is 2.06 bits per heavy atom. The fourth-order valence-corrected chi connectivity index (χ4v) is 1.61. The summed E-state index contributed by atoms with van der Waals surface area (Å²) in [5.41, 5.74) is 1.15. The first kappa shape index (κ1) is 10.6. The van der Waals surface area contributed by atoms with Crippen LogP contribution in [0.1, 0.15) is 12.5 Å². The van der Waals surface area contributed by atoms with Crippen LogP contribution in [0.4, 0.5) is 4.39 Å². The minimum Gasteiger partial charge on any atom is -0.546 e. The van der Waals surface area contributed by atoms with Crippen molar-refractivity contribution in [2.24, 2.45) is 11.1 Å². The summed E-state index contributed by atoms with van der Waals surface area (Å²) in [7, 11) is 0. The number of rotatable bonds is 2. The van der Waals surface area contributed by atoms with Crippen LogP contribution in [0.5, 0.6) is 0 Å². The molecule has 0 radical (unpaired) electrons. The van der Waals surface area contributed by atoms with Crippen molar-refractivity contribution in [1.82, 2.24) is 0 Å². The molecule has 0 aliphatic carbocycles. The third kappa shape index (κ3) is 1.76. The zero-order chi connectivity index (χ0) is 11.7. The number of carboxylic acids is 1. The van der Waals surface area contributed by atoms with Gasteiger partial charge in [-0.1, -0.05) is 24.2 Å². The zero-order valence-corrected chi connectivity index (χ0v) is 8.51. The van der Waals surface area contributed by atoms with Gasteiger partial charge in [0.1, 0.15) is 5.82 Å². The summed E-state index contributed by atoms with van der Waals surface area (Å²) in [5, 5.41) is 14.4. The van der Waals surface area contributed by atoms with Gasteiger partial charge in [0, 0.05) is 5.92 Å². The van der Waals surface area contributed by atoms with E-state index in [1.54, 1.807) is 6.92 Å². The van der Waals surface area contributed by atoms with Crippen LogP contribution in [0, 0.1) is 11.7 Å². The summed E-state index contributed by atoms with van der Waals surface area (Å²) in [6, 6.07) is 5.64. The number of hydrogen-bond donors (Lipinski definition) is 0. The van der Waals surface area contributed by atoms with E-state index in [9.17, 15) is 14.3 Å². The number of nitrogens with zero attached hydrogens (tertiary/aromatic N) is 1. The van der Waals surface area contributed by atoms with E-state index in [0.717, 1.165) is 0 Å². The Balaban J connectivity index is 2.24. The number of aliphatic carboxylic acids is 1. The van der Waals surface area contributed by atoms with E-state index >= 15 is 0 Å². The van der Waals surface area contributed by atoms with Crippen LogP contribution >= 0.6 is 0 Å². The average Bonchev–Trinajstić information content (AvgIpc) is 2.61. The van der Waals surface area contributed by atoms with Gasteiger partial charge in [-0.3, -0.25) is 0 Å². The predicted octanol–water partition coefficient (Wildman–Crippen LogP) is 0.315. The normalized spacial score (nSPS) is 23.8. The largest absolute Gasteiger partial charge is 0.546 e. The monoisotopic (exact) mass is 222 g/mol. The predicted molar refractivity (Wildman–Crippen MR) is 52.0 cm³/mol. The molecule has 0 bridgehead atoms. The Bertz CT molecular complexity index is 441. The van der Waals surface area contributed by atoms with Crippen molar-refractivity contribution in [3.8, 4) is 0 Å². The van der Waals surface area contributed by atoms with Gasteiger partial charge in [-0.05, 0) is 17.7 Å². The number of halogens is 1. The Hall–Kier alpha value is -1.91. The summed E-state index contributed by atoms with van der Waals surface area (Å²) in [6.07, 6.45) is -1.07. The summed E-state index contributed by atoms with van der Waals surface area (Å²) in [6.45, 7) is 1.68. The van der Waals surface area contributed by atoms with Gasteiger partial charge in [0.2, 0.25) is 0 Å². The first-order chi connectivity index (χ1) is 7.59. The Morgan fingerprint density at radius 1 is 1.44 bits per heavy atom. The third-order valence-electron chi connectivity index (χ3n) is 2.52. The van der Waals surface area contributed by atoms with Crippen molar-refractivity contribution in [1.29, 1.82) is 0 Å². The van der Waals surface area contributed by atoms with Gasteiger partial charge in [0.25, 0.3) is 0 Å². The molecule has 1 heterocycles. The highest BCUT2D eigenvalue weighted by Crippen LogP contribution is 2.22. The number of benzene rings is 1. The molecular weight excluding hydrogens is 213 g/mol. The molecule has 84 valence electrons. The quantitative estimate of drug-likeness (QED) is 0.723. The molecule has 0 saturated carbocycles. The van der Waals surface area contributed by atoms with Crippen LogP contribution in [-0.2, 0) is 9.63 Å². The maximum Gasteiger partial charge on any atom is 0.174 e. The van der Waals surface area contributed by atoms with Crippen molar-refractivity contribution >= 4 is 11.7 Å². The molecule has 2 rings (SSSR count). The van der Waals surface area contributed by atoms with Gasteiger partial charge in [-0.25, -0.2) is 4.39 Å². The van der Waals surface area contributed by atoms with Crippen LogP contribution in [0.25, 0.3) is 0 Å². The topological polar surface area (TPSA) is 61.7 Å². The van der Waals surface area contributed by atoms with Crippen LogP contribution < -0.4 is 5.11 Å². The van der Waals surface area contributed by atoms with Crippen molar-refractivity contribution in [2.45, 2.75) is 13.0 Å². The molecule has 1 aromatic rings. The van der Waals surface area contributed by atoms with Gasteiger partial charge >= 0.3 is 0 Å². The molecule has 2 atom stereocenters. The van der Waals surface area contributed by atoms with Gasteiger partial charge in [-0.15, -0.1) is 0 Å². The van der Waals surface area contributed by atoms with Crippen LogP contribution in [0.2, 0.25) is 0 Å². The first-order valence-corrected chi connectivity index (χ1v) is 4.80. The molecule has 1 aliphatic rings. The van der Waals surface area contributed by atoms with Gasteiger partial charge in [-0.2, -0.15) is 0 Å².